The van der Waals surface area contributed by atoms with E-state index < -0.39 is 11.8 Å². The van der Waals surface area contributed by atoms with Crippen molar-refractivity contribution in [3.8, 4) is 0 Å². The van der Waals surface area contributed by atoms with E-state index in [0.29, 0.717) is 19.7 Å². The average molecular weight is 388 g/mol. The first-order chi connectivity index (χ1) is 13.6. The zero-order valence-corrected chi connectivity index (χ0v) is 16.3. The first-order valence-electron chi connectivity index (χ1n) is 9.81. The molecule has 1 spiro atoms. The number of nitrogens with zero attached hydrogens (tertiary/aromatic N) is 2. The minimum Gasteiger partial charge on any atom is -0.445 e. The summed E-state index contributed by atoms with van der Waals surface area (Å²) in [5.41, 5.74) is 0.0939. The number of nitrogens with one attached hydrogen (secondary N) is 2. The van der Waals surface area contributed by atoms with Gasteiger partial charge in [0.15, 0.2) is 0 Å². The molecule has 1 atom stereocenters. The minimum atomic E-state index is -0.701. The van der Waals surface area contributed by atoms with Gasteiger partial charge >= 0.3 is 6.09 Å². The van der Waals surface area contributed by atoms with Crippen LogP contribution in [0.2, 0.25) is 0 Å². The highest BCUT2D eigenvalue weighted by Crippen LogP contribution is 2.36. The molecule has 3 saturated heterocycles. The number of carbonyl (C=O) groups is 2. The van der Waals surface area contributed by atoms with Gasteiger partial charge in [0.05, 0.1) is 13.2 Å². The summed E-state index contributed by atoms with van der Waals surface area (Å²) in [7, 11) is 1.62. The van der Waals surface area contributed by atoms with Gasteiger partial charge in [-0.3, -0.25) is 15.0 Å². The molecule has 3 heterocycles. The molecular weight excluding hydrogens is 360 g/mol. The largest absolute Gasteiger partial charge is 0.445 e. The lowest BCUT2D eigenvalue weighted by molar-refractivity contribution is -0.146. The lowest BCUT2D eigenvalue weighted by atomic mass is 9.89. The summed E-state index contributed by atoms with van der Waals surface area (Å²) in [4.78, 5) is 29.0. The fraction of sp³-hybridized carbons (Fsp3) is 0.600. The van der Waals surface area contributed by atoms with Crippen molar-refractivity contribution >= 4 is 12.0 Å². The van der Waals surface area contributed by atoms with Crippen LogP contribution < -0.4 is 10.6 Å². The van der Waals surface area contributed by atoms with Gasteiger partial charge in [-0.2, -0.15) is 0 Å². The summed E-state index contributed by atoms with van der Waals surface area (Å²) in [6, 6.07) is 9.53. The Bertz CT molecular complexity index is 722. The van der Waals surface area contributed by atoms with Crippen LogP contribution in [0.4, 0.5) is 4.79 Å². The maximum absolute atomic E-state index is 12.9. The third kappa shape index (κ3) is 3.59. The minimum absolute atomic E-state index is 0.0368. The summed E-state index contributed by atoms with van der Waals surface area (Å²) in [5.74, 6) is -0.0668. The molecule has 0 saturated carbocycles. The highest BCUT2D eigenvalue weighted by molar-refractivity contribution is 5.85. The van der Waals surface area contributed by atoms with Crippen LogP contribution in [-0.4, -0.2) is 79.4 Å². The Labute approximate surface area is 165 Å². The van der Waals surface area contributed by atoms with E-state index in [9.17, 15) is 9.59 Å². The van der Waals surface area contributed by atoms with Crippen LogP contribution in [-0.2, 0) is 20.9 Å². The Kier molecular flexibility index (Phi) is 5.27. The normalized spacial score (nSPS) is 26.4. The number of ether oxygens (including phenoxy) is 2. The Morgan fingerprint density at radius 2 is 1.93 bits per heavy atom. The van der Waals surface area contributed by atoms with Crippen LogP contribution in [0.5, 0.6) is 0 Å². The predicted molar refractivity (Wildman–Crippen MR) is 102 cm³/mol. The fourth-order valence-corrected chi connectivity index (χ4v) is 4.65. The Hall–Kier alpha value is -2.16. The molecule has 1 aromatic rings. The van der Waals surface area contributed by atoms with Crippen molar-refractivity contribution in [3.63, 3.8) is 0 Å². The van der Waals surface area contributed by atoms with E-state index >= 15 is 0 Å². The maximum Gasteiger partial charge on any atom is 0.410 e. The summed E-state index contributed by atoms with van der Waals surface area (Å²) in [6.45, 7) is 3.40. The van der Waals surface area contributed by atoms with Crippen molar-refractivity contribution in [1.29, 1.82) is 0 Å². The molecule has 8 nitrogen and oxygen atoms in total. The van der Waals surface area contributed by atoms with Crippen LogP contribution in [0.1, 0.15) is 18.4 Å². The quantitative estimate of drug-likeness (QED) is 0.783. The molecule has 28 heavy (non-hydrogen) atoms. The number of piperazine rings is 1. The summed E-state index contributed by atoms with van der Waals surface area (Å²) >= 11 is 0. The smallest absolute Gasteiger partial charge is 0.410 e. The summed E-state index contributed by atoms with van der Waals surface area (Å²) in [6.07, 6.45) is 1.42. The molecule has 152 valence electrons. The van der Waals surface area contributed by atoms with Crippen LogP contribution in [0.25, 0.3) is 0 Å². The van der Waals surface area contributed by atoms with Gasteiger partial charge in [-0.25, -0.2) is 4.79 Å². The van der Waals surface area contributed by atoms with Crippen molar-refractivity contribution in [2.45, 2.75) is 30.7 Å². The molecule has 3 aliphatic rings. The number of rotatable bonds is 4. The highest BCUT2D eigenvalue weighted by atomic mass is 16.6. The van der Waals surface area contributed by atoms with E-state index in [4.69, 9.17) is 9.47 Å². The van der Waals surface area contributed by atoms with Crippen LogP contribution in [0.3, 0.4) is 0 Å². The van der Waals surface area contributed by atoms with Gasteiger partial charge in [0, 0.05) is 19.2 Å². The number of hydrogen-bond donors (Lipinski definition) is 2. The van der Waals surface area contributed by atoms with E-state index in [-0.39, 0.29) is 24.6 Å². The van der Waals surface area contributed by atoms with Gasteiger partial charge < -0.3 is 19.7 Å². The molecule has 0 radical (unpaired) electrons. The molecular formula is C20H28N4O4. The van der Waals surface area contributed by atoms with Gasteiger partial charge in [0.2, 0.25) is 5.91 Å². The average Bonchev–Trinajstić information content (AvgIpc) is 3.01. The second kappa shape index (κ2) is 7.69. The van der Waals surface area contributed by atoms with Crippen molar-refractivity contribution in [2.24, 2.45) is 0 Å². The fourth-order valence-electron chi connectivity index (χ4n) is 4.65. The van der Waals surface area contributed by atoms with Crippen LogP contribution >= 0.6 is 0 Å². The van der Waals surface area contributed by atoms with Crippen LogP contribution in [0.15, 0.2) is 30.3 Å². The first-order valence-corrected chi connectivity index (χ1v) is 9.81. The van der Waals surface area contributed by atoms with Crippen LogP contribution in [0, 0.1) is 0 Å². The number of hydrogen-bond acceptors (Lipinski definition) is 6. The molecule has 4 rings (SSSR count). The Balaban J connectivity index is 1.48. The molecule has 1 aromatic carbocycles. The second-order valence-electron chi connectivity index (χ2n) is 8.00. The maximum atomic E-state index is 12.9. The predicted octanol–water partition coefficient (Wildman–Crippen LogP) is 0.536. The number of piperidine rings is 1. The zero-order chi connectivity index (χ0) is 19.6. The zero-order valence-electron chi connectivity index (χ0n) is 16.3. The number of carbonyl (C=O) groups excluding carboxylic acids is 2. The van der Waals surface area contributed by atoms with Gasteiger partial charge in [-0.15, -0.1) is 0 Å². The third-order valence-electron chi connectivity index (χ3n) is 5.96. The van der Waals surface area contributed by atoms with Crippen molar-refractivity contribution in [3.05, 3.63) is 35.9 Å². The third-order valence-corrected chi connectivity index (χ3v) is 5.96. The van der Waals surface area contributed by atoms with E-state index in [0.717, 1.165) is 31.5 Å². The molecule has 3 aliphatic heterocycles. The molecule has 8 heteroatoms. The van der Waals surface area contributed by atoms with E-state index in [1.165, 1.54) is 4.90 Å². The van der Waals surface area contributed by atoms with Gasteiger partial charge in [-0.05, 0) is 31.5 Å². The Morgan fingerprint density at radius 1 is 1.18 bits per heavy atom. The second-order valence-corrected chi connectivity index (χ2v) is 8.00. The molecule has 0 aliphatic carbocycles. The van der Waals surface area contributed by atoms with E-state index in [1.807, 2.05) is 35.2 Å². The van der Waals surface area contributed by atoms with E-state index in [1.54, 1.807) is 7.11 Å². The van der Waals surface area contributed by atoms with Gasteiger partial charge in [0.1, 0.15) is 18.8 Å². The van der Waals surface area contributed by atoms with Gasteiger partial charge in [0.25, 0.3) is 0 Å². The molecule has 1 unspecified atom stereocenters. The van der Waals surface area contributed by atoms with Crippen molar-refractivity contribution < 1.29 is 19.1 Å². The molecule has 2 N–H and O–H groups in total. The standard InChI is InChI=1S/C20H28N4O4/c1-27-15-20-14-23(18(26)28-12-16-5-3-2-4-6-16)11-17(25)24(20)13-19(22-20)7-9-21-10-8-19/h2-6,21-22H,7-15H2,1H3. The molecule has 0 aromatic heterocycles. The van der Waals surface area contributed by atoms with E-state index in [2.05, 4.69) is 10.6 Å². The monoisotopic (exact) mass is 388 g/mol. The molecule has 3 fully saturated rings. The van der Waals surface area contributed by atoms with Crippen molar-refractivity contribution in [1.82, 2.24) is 20.4 Å². The molecule has 2 amide bonds. The topological polar surface area (TPSA) is 83.1 Å². The number of fused-ring (bicyclic) bond motifs is 1. The highest BCUT2D eigenvalue weighted by Gasteiger charge is 2.58. The SMILES string of the molecule is COCC12CN(C(=O)OCc3ccccc3)CC(=O)N1CC1(CCNCC1)N2. The number of amides is 2. The van der Waals surface area contributed by atoms with Gasteiger partial charge in [-0.1, -0.05) is 30.3 Å². The lowest BCUT2D eigenvalue weighted by Crippen LogP contribution is -2.70. The molecule has 0 bridgehead atoms. The summed E-state index contributed by atoms with van der Waals surface area (Å²) < 4.78 is 10.9. The number of benzene rings is 1. The lowest BCUT2D eigenvalue weighted by Gasteiger charge is -2.45. The summed E-state index contributed by atoms with van der Waals surface area (Å²) in [5, 5.41) is 7.08. The number of methoxy groups -OCH3 is 1. The first kappa shape index (κ1) is 19.2. The Morgan fingerprint density at radius 3 is 2.64 bits per heavy atom. The van der Waals surface area contributed by atoms with Crippen molar-refractivity contribution in [2.75, 3.05) is 46.4 Å².